The molecule has 2 heterocycles. The van der Waals surface area contributed by atoms with Crippen LogP contribution in [-0.2, 0) is 17.8 Å². The van der Waals surface area contributed by atoms with Gasteiger partial charge in [-0.1, -0.05) is 18.6 Å². The number of benzene rings is 1. The van der Waals surface area contributed by atoms with E-state index in [9.17, 15) is 9.59 Å². The van der Waals surface area contributed by atoms with Crippen molar-refractivity contribution < 1.29 is 18.7 Å². The molecule has 2 N–H and O–H groups in total. The highest BCUT2D eigenvalue weighted by Crippen LogP contribution is 2.24. The Labute approximate surface area is 184 Å². The molecule has 2 aromatic heterocycles. The fourth-order valence-corrected chi connectivity index (χ4v) is 4.25. The zero-order valence-corrected chi connectivity index (χ0v) is 18.0. The van der Waals surface area contributed by atoms with Crippen molar-refractivity contribution in [1.29, 1.82) is 0 Å². The van der Waals surface area contributed by atoms with Gasteiger partial charge in [-0.05, 0) is 55.5 Å². The van der Waals surface area contributed by atoms with Crippen LogP contribution in [0.5, 0.6) is 5.75 Å². The van der Waals surface area contributed by atoms with Crippen LogP contribution in [0.2, 0.25) is 0 Å². The first-order chi connectivity index (χ1) is 15.2. The van der Waals surface area contributed by atoms with E-state index in [0.29, 0.717) is 23.5 Å². The van der Waals surface area contributed by atoms with Crippen molar-refractivity contribution in [2.24, 2.45) is 0 Å². The number of carbonyl (C=O) groups is 2. The Bertz CT molecular complexity index is 1010. The molecule has 1 aliphatic rings. The number of amides is 2. The molecular weight excluding hydrogens is 414 g/mol. The van der Waals surface area contributed by atoms with Gasteiger partial charge in [0, 0.05) is 11.9 Å². The van der Waals surface area contributed by atoms with Crippen molar-refractivity contribution in [2.75, 3.05) is 5.32 Å². The molecule has 1 fully saturated rings. The molecule has 0 radical (unpaired) electrons. The monoisotopic (exact) mass is 439 g/mol. The van der Waals surface area contributed by atoms with Gasteiger partial charge in [0.25, 0.3) is 5.91 Å². The Hall–Kier alpha value is -3.13. The highest BCUT2D eigenvalue weighted by molar-refractivity contribution is 7.14. The third-order valence-electron chi connectivity index (χ3n) is 5.10. The maximum atomic E-state index is 12.3. The smallest absolute Gasteiger partial charge is 0.293 e. The number of nitrogens with zero attached hydrogens (tertiary/aromatic N) is 1. The zero-order valence-electron chi connectivity index (χ0n) is 17.1. The lowest BCUT2D eigenvalue weighted by Crippen LogP contribution is -2.25. The molecule has 0 unspecified atom stereocenters. The third-order valence-corrected chi connectivity index (χ3v) is 5.91. The van der Waals surface area contributed by atoms with Crippen LogP contribution in [-0.4, -0.2) is 22.9 Å². The molecule has 7 nitrogen and oxygen atoms in total. The van der Waals surface area contributed by atoms with Gasteiger partial charge in [-0.2, -0.15) is 0 Å². The van der Waals surface area contributed by atoms with Gasteiger partial charge >= 0.3 is 0 Å². The van der Waals surface area contributed by atoms with Crippen LogP contribution in [0.1, 0.15) is 53.9 Å². The molecule has 0 bridgehead atoms. The summed E-state index contributed by atoms with van der Waals surface area (Å²) < 4.78 is 11.2. The Morgan fingerprint density at radius 3 is 2.84 bits per heavy atom. The second kappa shape index (κ2) is 10.3. The summed E-state index contributed by atoms with van der Waals surface area (Å²) in [5.74, 6) is 0.567. The van der Waals surface area contributed by atoms with Crippen molar-refractivity contribution in [3.05, 3.63) is 65.1 Å². The van der Waals surface area contributed by atoms with E-state index < -0.39 is 0 Å². The summed E-state index contributed by atoms with van der Waals surface area (Å²) in [5, 5.41) is 7.77. The van der Waals surface area contributed by atoms with E-state index in [1.165, 1.54) is 36.9 Å². The third kappa shape index (κ3) is 6.18. The van der Waals surface area contributed by atoms with E-state index >= 15 is 0 Å². The van der Waals surface area contributed by atoms with Crippen molar-refractivity contribution >= 4 is 28.3 Å². The second-order valence-electron chi connectivity index (χ2n) is 7.55. The molecular formula is C23H25N3O4S. The van der Waals surface area contributed by atoms with Gasteiger partial charge in [0.15, 0.2) is 10.9 Å². The van der Waals surface area contributed by atoms with Crippen LogP contribution >= 0.6 is 11.3 Å². The number of hydrogen-bond acceptors (Lipinski definition) is 6. The summed E-state index contributed by atoms with van der Waals surface area (Å²) in [4.78, 5) is 28.6. The molecule has 3 aromatic rings. The van der Waals surface area contributed by atoms with Crippen molar-refractivity contribution in [3.8, 4) is 5.75 Å². The minimum atomic E-state index is -0.370. The number of carbonyl (C=O) groups excluding carboxylic acids is 2. The van der Waals surface area contributed by atoms with Gasteiger partial charge < -0.3 is 14.5 Å². The van der Waals surface area contributed by atoms with Gasteiger partial charge in [0.05, 0.1) is 24.5 Å². The largest absolute Gasteiger partial charge is 0.490 e. The number of anilines is 1. The quantitative estimate of drug-likeness (QED) is 0.537. The highest BCUT2D eigenvalue weighted by atomic mass is 32.1. The molecule has 0 saturated heterocycles. The topological polar surface area (TPSA) is 93.5 Å². The number of thiazole rings is 1. The fraction of sp³-hybridized carbons (Fsp3) is 0.348. The molecule has 0 spiro atoms. The molecule has 0 aliphatic heterocycles. The number of aromatic nitrogens is 1. The Balaban J connectivity index is 1.24. The van der Waals surface area contributed by atoms with Gasteiger partial charge in [-0.3, -0.25) is 14.9 Å². The molecule has 2 amide bonds. The van der Waals surface area contributed by atoms with Gasteiger partial charge in [0.2, 0.25) is 5.91 Å². The Morgan fingerprint density at radius 2 is 2.03 bits per heavy atom. The van der Waals surface area contributed by atoms with Crippen LogP contribution in [0.4, 0.5) is 5.13 Å². The van der Waals surface area contributed by atoms with E-state index in [-0.39, 0.29) is 24.0 Å². The van der Waals surface area contributed by atoms with E-state index in [2.05, 4.69) is 15.6 Å². The minimum Gasteiger partial charge on any atom is -0.490 e. The molecule has 8 heteroatoms. The van der Waals surface area contributed by atoms with E-state index in [1.807, 2.05) is 24.3 Å². The fourth-order valence-electron chi connectivity index (χ4n) is 3.54. The summed E-state index contributed by atoms with van der Waals surface area (Å²) in [7, 11) is 0. The summed E-state index contributed by atoms with van der Waals surface area (Å²) in [6.07, 6.45) is 7.84. The van der Waals surface area contributed by atoms with Gasteiger partial charge in [-0.25, -0.2) is 4.98 Å². The van der Waals surface area contributed by atoms with Crippen molar-refractivity contribution in [1.82, 2.24) is 10.3 Å². The maximum absolute atomic E-state index is 12.3. The first-order valence-corrected chi connectivity index (χ1v) is 11.4. The number of ether oxygens (including phenoxy) is 1. The lowest BCUT2D eigenvalue weighted by molar-refractivity contribution is -0.120. The van der Waals surface area contributed by atoms with Crippen molar-refractivity contribution in [2.45, 2.75) is 51.2 Å². The summed E-state index contributed by atoms with van der Waals surface area (Å²) in [6, 6.07) is 11.1. The van der Waals surface area contributed by atoms with E-state index in [4.69, 9.17) is 9.15 Å². The van der Waals surface area contributed by atoms with Crippen molar-refractivity contribution in [3.63, 3.8) is 0 Å². The molecule has 4 rings (SSSR count). The predicted octanol–water partition coefficient (Wildman–Crippen LogP) is 4.56. The first-order valence-electron chi connectivity index (χ1n) is 10.5. The molecule has 1 aliphatic carbocycles. The van der Waals surface area contributed by atoms with Gasteiger partial charge in [0.1, 0.15) is 5.75 Å². The minimum absolute atomic E-state index is 0.132. The molecule has 31 heavy (non-hydrogen) atoms. The molecule has 1 aromatic carbocycles. The molecule has 162 valence electrons. The van der Waals surface area contributed by atoms with E-state index in [0.717, 1.165) is 24.2 Å². The van der Waals surface area contributed by atoms with Gasteiger partial charge in [-0.15, -0.1) is 11.3 Å². The van der Waals surface area contributed by atoms with E-state index in [1.54, 1.807) is 17.5 Å². The average Bonchev–Trinajstić information content (AvgIpc) is 3.46. The van der Waals surface area contributed by atoms with Crippen LogP contribution in [0.25, 0.3) is 0 Å². The van der Waals surface area contributed by atoms with Crippen LogP contribution < -0.4 is 15.4 Å². The summed E-state index contributed by atoms with van der Waals surface area (Å²) >= 11 is 1.27. The lowest BCUT2D eigenvalue weighted by Gasteiger charge is -2.23. The van der Waals surface area contributed by atoms with Crippen LogP contribution in [0, 0.1) is 0 Å². The standard InChI is InChI=1S/C23H25N3O4S/c27-21(13-17-15-31-23(25-17)26-22(28)20-10-5-11-29-20)24-14-16-6-4-9-19(12-16)30-18-7-2-1-3-8-18/h4-6,9-12,15,18H,1-3,7-8,13-14H2,(H,24,27)(H,25,26,28). The van der Waals surface area contributed by atoms with Crippen LogP contribution in [0.3, 0.4) is 0 Å². The Morgan fingerprint density at radius 1 is 1.16 bits per heavy atom. The highest BCUT2D eigenvalue weighted by Gasteiger charge is 2.15. The number of furan rings is 1. The first kappa shape index (κ1) is 21.1. The lowest BCUT2D eigenvalue weighted by atomic mass is 9.98. The molecule has 1 saturated carbocycles. The zero-order chi connectivity index (χ0) is 21.5. The number of hydrogen-bond donors (Lipinski definition) is 2. The second-order valence-corrected chi connectivity index (χ2v) is 8.41. The number of rotatable bonds is 8. The Kier molecular flexibility index (Phi) is 6.99. The average molecular weight is 440 g/mol. The maximum Gasteiger partial charge on any atom is 0.293 e. The normalized spacial score (nSPS) is 14.2. The summed E-state index contributed by atoms with van der Waals surface area (Å²) in [5.41, 5.74) is 1.60. The SMILES string of the molecule is O=C(Cc1csc(NC(=O)c2ccco2)n1)NCc1cccc(OC2CCCCC2)c1. The predicted molar refractivity (Wildman–Crippen MR) is 118 cm³/mol. The summed E-state index contributed by atoms with van der Waals surface area (Å²) in [6.45, 7) is 0.424. The van der Waals surface area contributed by atoms with Crippen LogP contribution in [0.15, 0.2) is 52.5 Å². The molecule has 0 atom stereocenters. The number of nitrogens with one attached hydrogen (secondary N) is 2.